The molecular weight excluding hydrogens is 310 g/mol. The van der Waals surface area contributed by atoms with E-state index in [1.165, 1.54) is 0 Å². The maximum Gasteiger partial charge on any atom is 0.312 e. The van der Waals surface area contributed by atoms with Gasteiger partial charge in [-0.2, -0.15) is 0 Å². The van der Waals surface area contributed by atoms with E-state index in [1.54, 1.807) is 18.2 Å². The zero-order valence-electron chi connectivity index (χ0n) is 12.8. The molecule has 0 fully saturated rings. The van der Waals surface area contributed by atoms with Crippen LogP contribution in [0.3, 0.4) is 0 Å². The van der Waals surface area contributed by atoms with Crippen molar-refractivity contribution in [2.24, 2.45) is 5.73 Å². The van der Waals surface area contributed by atoms with E-state index in [4.69, 9.17) is 15.2 Å². The number of nitrogens with two attached hydrogens (primary N) is 1. The van der Waals surface area contributed by atoms with Crippen LogP contribution in [-0.2, 0) is 11.2 Å². The Labute approximate surface area is 138 Å². The molecule has 0 aliphatic carbocycles. The van der Waals surface area contributed by atoms with Crippen molar-refractivity contribution in [1.82, 2.24) is 5.32 Å². The fourth-order valence-electron chi connectivity index (χ4n) is 2.43. The van der Waals surface area contributed by atoms with Gasteiger partial charge in [-0.3, -0.25) is 4.79 Å². The van der Waals surface area contributed by atoms with Crippen molar-refractivity contribution in [3.05, 3.63) is 54.1 Å². The second kappa shape index (κ2) is 6.91. The molecule has 7 heteroatoms. The molecule has 0 saturated carbocycles. The van der Waals surface area contributed by atoms with Gasteiger partial charge in [-0.05, 0) is 17.7 Å². The molecule has 3 rings (SSSR count). The number of nitrogens with one attached hydrogen (secondary N) is 2. The summed E-state index contributed by atoms with van der Waals surface area (Å²) in [5.41, 5.74) is 6.65. The van der Waals surface area contributed by atoms with Crippen LogP contribution in [0.25, 0.3) is 0 Å². The van der Waals surface area contributed by atoms with E-state index in [-0.39, 0.29) is 12.7 Å². The summed E-state index contributed by atoms with van der Waals surface area (Å²) in [6.07, 6.45) is 0.333. The second-order valence-corrected chi connectivity index (χ2v) is 5.31. The van der Waals surface area contributed by atoms with Crippen molar-refractivity contribution in [2.45, 2.75) is 12.5 Å². The summed E-state index contributed by atoms with van der Waals surface area (Å²) in [5.74, 6) is 0.830. The van der Waals surface area contributed by atoms with Gasteiger partial charge in [0.25, 0.3) is 0 Å². The van der Waals surface area contributed by atoms with Gasteiger partial charge in [-0.25, -0.2) is 4.79 Å². The normalized spacial score (nSPS) is 13.2. The van der Waals surface area contributed by atoms with Crippen molar-refractivity contribution >= 4 is 17.6 Å². The van der Waals surface area contributed by atoms with E-state index in [0.29, 0.717) is 23.6 Å². The predicted octanol–water partition coefficient (Wildman–Crippen LogP) is 1.63. The van der Waals surface area contributed by atoms with Crippen LogP contribution in [-0.4, -0.2) is 24.8 Å². The molecule has 0 bridgehead atoms. The molecule has 0 spiro atoms. The number of amides is 3. The summed E-state index contributed by atoms with van der Waals surface area (Å²) >= 11 is 0. The minimum absolute atomic E-state index is 0.159. The lowest BCUT2D eigenvalue weighted by molar-refractivity contribution is -0.117. The molecule has 24 heavy (non-hydrogen) atoms. The van der Waals surface area contributed by atoms with Gasteiger partial charge in [0.2, 0.25) is 12.7 Å². The molecule has 2 aromatic rings. The lowest BCUT2D eigenvalue weighted by Crippen LogP contribution is -2.47. The highest BCUT2D eigenvalue weighted by atomic mass is 16.7. The standard InChI is InChI=1S/C17H17N3O4/c18-17(22)20-13(8-11-4-2-1-3-5-11)16(21)19-12-6-7-14-15(9-12)24-10-23-14/h1-7,9,13H,8,10H2,(H,19,21)(H3,18,20,22)/t13-/m1/s1. The minimum atomic E-state index is -0.782. The zero-order chi connectivity index (χ0) is 16.9. The second-order valence-electron chi connectivity index (χ2n) is 5.31. The zero-order valence-corrected chi connectivity index (χ0v) is 12.8. The number of carbonyl (C=O) groups is 2. The van der Waals surface area contributed by atoms with Gasteiger partial charge in [-0.15, -0.1) is 0 Å². The number of anilines is 1. The van der Waals surface area contributed by atoms with E-state index in [2.05, 4.69) is 10.6 Å². The molecule has 1 heterocycles. The Balaban J connectivity index is 1.72. The highest BCUT2D eigenvalue weighted by Crippen LogP contribution is 2.34. The SMILES string of the molecule is NC(=O)N[C@H](Cc1ccccc1)C(=O)Nc1ccc2c(c1)OCO2. The number of carbonyl (C=O) groups excluding carboxylic acids is 2. The van der Waals surface area contributed by atoms with Crippen LogP contribution in [0, 0.1) is 0 Å². The number of fused-ring (bicyclic) bond motifs is 1. The number of hydrogen-bond acceptors (Lipinski definition) is 4. The Morgan fingerprint density at radius 3 is 2.58 bits per heavy atom. The molecule has 4 N–H and O–H groups in total. The molecule has 0 radical (unpaired) electrons. The van der Waals surface area contributed by atoms with Crippen molar-refractivity contribution in [3.63, 3.8) is 0 Å². The topological polar surface area (TPSA) is 103 Å². The molecule has 7 nitrogen and oxygen atoms in total. The van der Waals surface area contributed by atoms with Gasteiger partial charge in [0.15, 0.2) is 11.5 Å². The van der Waals surface area contributed by atoms with E-state index < -0.39 is 12.1 Å². The molecule has 124 valence electrons. The maximum absolute atomic E-state index is 12.5. The Bertz CT molecular complexity index is 749. The summed E-state index contributed by atoms with van der Waals surface area (Å²) in [7, 11) is 0. The average Bonchev–Trinajstić information content (AvgIpc) is 3.02. The Morgan fingerprint density at radius 1 is 1.08 bits per heavy atom. The van der Waals surface area contributed by atoms with Crippen LogP contribution in [0.2, 0.25) is 0 Å². The van der Waals surface area contributed by atoms with Crippen molar-refractivity contribution < 1.29 is 19.1 Å². The molecule has 2 aromatic carbocycles. The van der Waals surface area contributed by atoms with E-state index in [0.717, 1.165) is 5.56 Å². The van der Waals surface area contributed by atoms with Crippen molar-refractivity contribution in [2.75, 3.05) is 12.1 Å². The first-order valence-corrected chi connectivity index (χ1v) is 7.42. The fourth-order valence-corrected chi connectivity index (χ4v) is 2.43. The third-order valence-electron chi connectivity index (χ3n) is 3.56. The molecule has 0 saturated heterocycles. The molecule has 0 aromatic heterocycles. The number of urea groups is 1. The minimum Gasteiger partial charge on any atom is -0.454 e. The smallest absolute Gasteiger partial charge is 0.312 e. The molecule has 1 aliphatic rings. The third-order valence-corrected chi connectivity index (χ3v) is 3.56. The van der Waals surface area contributed by atoms with E-state index in [1.807, 2.05) is 30.3 Å². The first-order valence-electron chi connectivity index (χ1n) is 7.42. The third kappa shape index (κ3) is 3.75. The number of benzene rings is 2. The van der Waals surface area contributed by atoms with Crippen molar-refractivity contribution in [1.29, 1.82) is 0 Å². The van der Waals surface area contributed by atoms with Crippen LogP contribution in [0.15, 0.2) is 48.5 Å². The molecule has 1 atom stereocenters. The first-order chi connectivity index (χ1) is 11.6. The van der Waals surface area contributed by atoms with Crippen LogP contribution in [0.4, 0.5) is 10.5 Å². The molecule has 3 amide bonds. The van der Waals surface area contributed by atoms with Gasteiger partial charge in [0.05, 0.1) is 0 Å². The van der Waals surface area contributed by atoms with Gasteiger partial charge in [0, 0.05) is 18.2 Å². The van der Waals surface area contributed by atoms with Gasteiger partial charge in [0.1, 0.15) is 6.04 Å². The van der Waals surface area contributed by atoms with Crippen molar-refractivity contribution in [3.8, 4) is 11.5 Å². The fraction of sp³-hybridized carbons (Fsp3) is 0.176. The number of ether oxygens (including phenoxy) is 2. The molecular formula is C17H17N3O4. The molecule has 0 unspecified atom stereocenters. The van der Waals surface area contributed by atoms with Crippen LogP contribution in [0.1, 0.15) is 5.56 Å². The van der Waals surface area contributed by atoms with Crippen LogP contribution in [0.5, 0.6) is 11.5 Å². The first kappa shape index (κ1) is 15.7. The highest BCUT2D eigenvalue weighted by Gasteiger charge is 2.21. The number of primary amides is 1. The molecule has 1 aliphatic heterocycles. The van der Waals surface area contributed by atoms with Crippen LogP contribution >= 0.6 is 0 Å². The van der Waals surface area contributed by atoms with Gasteiger partial charge < -0.3 is 25.8 Å². The quantitative estimate of drug-likeness (QED) is 0.776. The summed E-state index contributed by atoms with van der Waals surface area (Å²) in [4.78, 5) is 23.7. The predicted molar refractivity (Wildman–Crippen MR) is 87.8 cm³/mol. The average molecular weight is 327 g/mol. The number of rotatable bonds is 5. The van der Waals surface area contributed by atoms with Gasteiger partial charge >= 0.3 is 6.03 Å². The van der Waals surface area contributed by atoms with Crippen LogP contribution < -0.4 is 25.8 Å². The maximum atomic E-state index is 12.5. The lowest BCUT2D eigenvalue weighted by Gasteiger charge is -2.17. The summed E-state index contributed by atoms with van der Waals surface area (Å²) < 4.78 is 10.5. The summed E-state index contributed by atoms with van der Waals surface area (Å²) in [6, 6.07) is 12.9. The Hall–Kier alpha value is -3.22. The van der Waals surface area contributed by atoms with E-state index in [9.17, 15) is 9.59 Å². The highest BCUT2D eigenvalue weighted by molar-refractivity contribution is 5.97. The number of hydrogen-bond donors (Lipinski definition) is 3. The monoisotopic (exact) mass is 327 g/mol. The summed E-state index contributed by atoms with van der Waals surface area (Å²) in [5, 5.41) is 5.22. The summed E-state index contributed by atoms with van der Waals surface area (Å²) in [6.45, 7) is 0.159. The Morgan fingerprint density at radius 2 is 1.83 bits per heavy atom. The lowest BCUT2D eigenvalue weighted by atomic mass is 10.1. The largest absolute Gasteiger partial charge is 0.454 e. The van der Waals surface area contributed by atoms with Gasteiger partial charge in [-0.1, -0.05) is 30.3 Å². The van der Waals surface area contributed by atoms with E-state index >= 15 is 0 Å². The Kier molecular flexibility index (Phi) is 4.51.